The van der Waals surface area contributed by atoms with Crippen LogP contribution in [0.15, 0.2) is 0 Å². The Labute approximate surface area is 83.6 Å². The molecule has 0 aromatic carbocycles. The maximum absolute atomic E-state index is 9.03. The van der Waals surface area contributed by atoms with E-state index in [9.17, 15) is 0 Å². The number of aromatic amines is 1. The molecule has 3 nitrogen and oxygen atoms in total. The molecule has 0 saturated heterocycles. The SMILES string of the molecule is OCc1nc2c([nH]1)CCC21CCCC1. The van der Waals surface area contributed by atoms with E-state index in [1.807, 2.05) is 0 Å². The van der Waals surface area contributed by atoms with Gasteiger partial charge in [-0.05, 0) is 25.7 Å². The van der Waals surface area contributed by atoms with E-state index < -0.39 is 0 Å². The minimum Gasteiger partial charge on any atom is -0.388 e. The van der Waals surface area contributed by atoms with Crippen LogP contribution in [0.1, 0.15) is 49.3 Å². The third kappa shape index (κ3) is 0.989. The van der Waals surface area contributed by atoms with Crippen LogP contribution in [0.4, 0.5) is 0 Å². The molecule has 76 valence electrons. The van der Waals surface area contributed by atoms with Crippen LogP contribution >= 0.6 is 0 Å². The van der Waals surface area contributed by atoms with E-state index in [0.29, 0.717) is 5.41 Å². The van der Waals surface area contributed by atoms with Crippen LogP contribution < -0.4 is 0 Å². The summed E-state index contributed by atoms with van der Waals surface area (Å²) in [6, 6.07) is 0. The van der Waals surface area contributed by atoms with Gasteiger partial charge in [0.1, 0.15) is 12.4 Å². The lowest BCUT2D eigenvalue weighted by molar-refractivity contribution is 0.271. The molecule has 0 unspecified atom stereocenters. The van der Waals surface area contributed by atoms with E-state index in [1.165, 1.54) is 43.5 Å². The van der Waals surface area contributed by atoms with Gasteiger partial charge in [-0.25, -0.2) is 4.98 Å². The van der Waals surface area contributed by atoms with E-state index in [1.54, 1.807) is 0 Å². The van der Waals surface area contributed by atoms with E-state index in [0.717, 1.165) is 12.2 Å². The number of aryl methyl sites for hydroxylation is 1. The van der Waals surface area contributed by atoms with Gasteiger partial charge in [-0.1, -0.05) is 12.8 Å². The molecule has 14 heavy (non-hydrogen) atoms. The number of H-pyrrole nitrogens is 1. The summed E-state index contributed by atoms with van der Waals surface area (Å²) in [5.41, 5.74) is 2.95. The van der Waals surface area contributed by atoms with Gasteiger partial charge in [-0.2, -0.15) is 0 Å². The summed E-state index contributed by atoms with van der Waals surface area (Å²) < 4.78 is 0. The third-order valence-electron chi connectivity index (χ3n) is 3.89. The summed E-state index contributed by atoms with van der Waals surface area (Å²) in [5.74, 6) is 0.751. The summed E-state index contributed by atoms with van der Waals surface area (Å²) in [7, 11) is 0. The lowest BCUT2D eigenvalue weighted by atomic mass is 9.84. The fourth-order valence-corrected chi connectivity index (χ4v) is 3.18. The third-order valence-corrected chi connectivity index (χ3v) is 3.89. The first-order valence-corrected chi connectivity index (χ1v) is 5.53. The maximum Gasteiger partial charge on any atom is 0.132 e. The molecule has 1 spiro atoms. The Morgan fingerprint density at radius 1 is 1.29 bits per heavy atom. The first-order valence-electron chi connectivity index (χ1n) is 5.53. The predicted octanol–water partition coefficient (Wildman–Crippen LogP) is 1.66. The number of nitrogens with zero attached hydrogens (tertiary/aromatic N) is 1. The maximum atomic E-state index is 9.03. The van der Waals surface area contributed by atoms with Gasteiger partial charge in [0.2, 0.25) is 0 Å². The van der Waals surface area contributed by atoms with Crippen molar-refractivity contribution in [3.05, 3.63) is 17.2 Å². The minimum absolute atomic E-state index is 0.0447. The van der Waals surface area contributed by atoms with Crippen LogP contribution in [-0.2, 0) is 18.4 Å². The molecule has 2 aliphatic rings. The largest absolute Gasteiger partial charge is 0.388 e. The van der Waals surface area contributed by atoms with Gasteiger partial charge in [0.15, 0.2) is 0 Å². The molecule has 1 aromatic rings. The summed E-state index contributed by atoms with van der Waals surface area (Å²) in [6.07, 6.45) is 7.70. The predicted molar refractivity (Wildman–Crippen MR) is 53.0 cm³/mol. The van der Waals surface area contributed by atoms with E-state index in [4.69, 9.17) is 5.11 Å². The van der Waals surface area contributed by atoms with Crippen molar-refractivity contribution in [2.75, 3.05) is 0 Å². The van der Waals surface area contributed by atoms with Crippen molar-refractivity contribution in [2.45, 2.75) is 50.5 Å². The molecule has 2 aliphatic carbocycles. The molecule has 1 saturated carbocycles. The number of hydrogen-bond donors (Lipinski definition) is 2. The van der Waals surface area contributed by atoms with Crippen LogP contribution in [0.2, 0.25) is 0 Å². The first-order chi connectivity index (χ1) is 6.84. The highest BCUT2D eigenvalue weighted by Gasteiger charge is 2.43. The van der Waals surface area contributed by atoms with Gasteiger partial charge >= 0.3 is 0 Å². The second-order valence-electron chi connectivity index (χ2n) is 4.66. The Kier molecular flexibility index (Phi) is 1.71. The zero-order valence-electron chi connectivity index (χ0n) is 8.34. The zero-order chi connectivity index (χ0) is 9.60. The summed E-state index contributed by atoms with van der Waals surface area (Å²) in [5, 5.41) is 9.03. The summed E-state index contributed by atoms with van der Waals surface area (Å²) in [4.78, 5) is 7.77. The first kappa shape index (κ1) is 8.48. The highest BCUT2D eigenvalue weighted by atomic mass is 16.3. The van der Waals surface area contributed by atoms with Crippen LogP contribution in [0.25, 0.3) is 0 Å². The molecule has 1 fully saturated rings. The van der Waals surface area contributed by atoms with Crippen molar-refractivity contribution >= 4 is 0 Å². The molecular formula is C11H16N2O. The molecule has 1 heterocycles. The highest BCUT2D eigenvalue weighted by Crippen LogP contribution is 2.48. The number of hydrogen-bond acceptors (Lipinski definition) is 2. The van der Waals surface area contributed by atoms with Gasteiger partial charge in [0, 0.05) is 11.1 Å². The van der Waals surface area contributed by atoms with Gasteiger partial charge in [0.25, 0.3) is 0 Å². The normalized spacial score (nSPS) is 23.2. The fourth-order valence-electron chi connectivity index (χ4n) is 3.18. The lowest BCUT2D eigenvalue weighted by Gasteiger charge is -2.21. The molecule has 0 bridgehead atoms. The second kappa shape index (κ2) is 2.83. The number of imidazole rings is 1. The number of fused-ring (bicyclic) bond motifs is 2. The Morgan fingerprint density at radius 2 is 2.07 bits per heavy atom. The monoisotopic (exact) mass is 192 g/mol. The second-order valence-corrected chi connectivity index (χ2v) is 4.66. The van der Waals surface area contributed by atoms with Gasteiger partial charge in [-0.3, -0.25) is 0 Å². The molecule has 1 aromatic heterocycles. The quantitative estimate of drug-likeness (QED) is 0.711. The molecule has 0 aliphatic heterocycles. The van der Waals surface area contributed by atoms with Crippen LogP contribution in [0.3, 0.4) is 0 Å². The van der Waals surface area contributed by atoms with Crippen molar-refractivity contribution < 1.29 is 5.11 Å². The number of aromatic nitrogens is 2. The number of rotatable bonds is 1. The molecule has 0 amide bonds. The average molecular weight is 192 g/mol. The molecule has 0 atom stereocenters. The Morgan fingerprint density at radius 3 is 2.79 bits per heavy atom. The topological polar surface area (TPSA) is 48.9 Å². The van der Waals surface area contributed by atoms with Gasteiger partial charge in [-0.15, -0.1) is 0 Å². The van der Waals surface area contributed by atoms with Gasteiger partial charge < -0.3 is 10.1 Å². The summed E-state index contributed by atoms with van der Waals surface area (Å²) >= 11 is 0. The molecule has 3 heteroatoms. The van der Waals surface area contributed by atoms with Crippen LogP contribution in [0.5, 0.6) is 0 Å². The van der Waals surface area contributed by atoms with Crippen molar-refractivity contribution in [3.8, 4) is 0 Å². The standard InChI is InChI=1S/C11H16N2O/c14-7-9-12-8-3-6-11(10(8)13-9)4-1-2-5-11/h14H,1-7H2,(H,12,13). The van der Waals surface area contributed by atoms with Crippen LogP contribution in [-0.4, -0.2) is 15.1 Å². The average Bonchev–Trinajstić information content (AvgIpc) is 2.88. The van der Waals surface area contributed by atoms with Crippen molar-refractivity contribution in [2.24, 2.45) is 0 Å². The van der Waals surface area contributed by atoms with Gasteiger partial charge in [0.05, 0.1) is 5.69 Å². The van der Waals surface area contributed by atoms with Crippen molar-refractivity contribution in [3.63, 3.8) is 0 Å². The van der Waals surface area contributed by atoms with Crippen molar-refractivity contribution in [1.29, 1.82) is 0 Å². The smallest absolute Gasteiger partial charge is 0.132 e. The zero-order valence-corrected chi connectivity index (χ0v) is 8.34. The Bertz CT molecular complexity index is 350. The highest BCUT2D eigenvalue weighted by molar-refractivity contribution is 5.31. The van der Waals surface area contributed by atoms with Crippen LogP contribution in [0, 0.1) is 0 Å². The molecular weight excluding hydrogens is 176 g/mol. The fraction of sp³-hybridized carbons (Fsp3) is 0.727. The Balaban J connectivity index is 2.03. The minimum atomic E-state index is 0.0447. The summed E-state index contributed by atoms with van der Waals surface area (Å²) in [6.45, 7) is 0.0447. The van der Waals surface area contributed by atoms with Crippen molar-refractivity contribution in [1.82, 2.24) is 9.97 Å². The molecule has 0 radical (unpaired) electrons. The van der Waals surface area contributed by atoms with E-state index >= 15 is 0 Å². The molecule has 2 N–H and O–H groups in total. The Hall–Kier alpha value is -0.830. The number of aliphatic hydroxyl groups excluding tert-OH is 1. The lowest BCUT2D eigenvalue weighted by Crippen LogP contribution is -2.18. The molecule has 3 rings (SSSR count). The number of aliphatic hydroxyl groups is 1. The number of nitrogens with one attached hydrogen (secondary N) is 1. The van der Waals surface area contributed by atoms with E-state index in [2.05, 4.69) is 9.97 Å². The van der Waals surface area contributed by atoms with E-state index in [-0.39, 0.29) is 6.61 Å².